The van der Waals surface area contributed by atoms with Gasteiger partial charge in [0.2, 0.25) is 0 Å². The van der Waals surface area contributed by atoms with Crippen LogP contribution in [0, 0.1) is 5.92 Å². The maximum atomic E-state index is 5.35. The topological polar surface area (TPSA) is 21.3 Å². The summed E-state index contributed by atoms with van der Waals surface area (Å²) in [6, 6.07) is 0. The predicted molar refractivity (Wildman–Crippen MR) is 66.5 cm³/mol. The van der Waals surface area contributed by atoms with E-state index in [4.69, 9.17) is 4.74 Å². The van der Waals surface area contributed by atoms with Crippen LogP contribution in [0.25, 0.3) is 0 Å². The molecular formula is C12H23NOS. The Morgan fingerprint density at radius 1 is 1.20 bits per heavy atom. The van der Waals surface area contributed by atoms with Gasteiger partial charge in [-0.1, -0.05) is 12.8 Å². The second kappa shape index (κ2) is 6.77. The molecule has 1 heterocycles. The minimum absolute atomic E-state index is 0.779. The van der Waals surface area contributed by atoms with Crippen molar-refractivity contribution >= 4 is 11.8 Å². The average Bonchev–Trinajstić information content (AvgIpc) is 2.88. The summed E-state index contributed by atoms with van der Waals surface area (Å²) in [6.07, 6.45) is 7.10. The van der Waals surface area contributed by atoms with E-state index in [-0.39, 0.29) is 0 Å². The lowest BCUT2D eigenvalue weighted by Gasteiger charge is -2.11. The van der Waals surface area contributed by atoms with E-state index in [0.717, 1.165) is 30.9 Å². The molecule has 0 aromatic heterocycles. The molecule has 2 nitrogen and oxygen atoms in total. The van der Waals surface area contributed by atoms with Gasteiger partial charge in [-0.25, -0.2) is 0 Å². The molecule has 1 N–H and O–H groups in total. The third kappa shape index (κ3) is 4.33. The molecule has 1 saturated carbocycles. The molecule has 1 atom stereocenters. The largest absolute Gasteiger partial charge is 0.381 e. The highest BCUT2D eigenvalue weighted by Crippen LogP contribution is 2.28. The average molecular weight is 229 g/mol. The van der Waals surface area contributed by atoms with E-state index in [9.17, 15) is 0 Å². The van der Waals surface area contributed by atoms with Crippen LogP contribution in [0.15, 0.2) is 0 Å². The molecular weight excluding hydrogens is 206 g/mol. The molecule has 1 saturated heterocycles. The first-order valence-corrected chi connectivity index (χ1v) is 7.40. The molecule has 2 aliphatic rings. The summed E-state index contributed by atoms with van der Waals surface area (Å²) < 4.78 is 5.35. The standard InChI is InChI=1S/C12H23NOS/c1-2-4-12(3-1)15-8-6-13-9-11-5-7-14-10-11/h11-13H,1-10H2. The van der Waals surface area contributed by atoms with E-state index in [1.165, 1.54) is 44.4 Å². The van der Waals surface area contributed by atoms with E-state index in [0.29, 0.717) is 0 Å². The Balaban J connectivity index is 1.41. The predicted octanol–water partition coefficient (Wildman–Crippen LogP) is 2.29. The van der Waals surface area contributed by atoms with Crippen molar-refractivity contribution in [3.05, 3.63) is 0 Å². The van der Waals surface area contributed by atoms with Crippen LogP contribution < -0.4 is 5.32 Å². The first-order chi connectivity index (χ1) is 7.45. The van der Waals surface area contributed by atoms with Crippen molar-refractivity contribution in [3.63, 3.8) is 0 Å². The molecule has 0 spiro atoms. The zero-order valence-electron chi connectivity index (χ0n) is 9.54. The van der Waals surface area contributed by atoms with Crippen molar-refractivity contribution in [3.8, 4) is 0 Å². The second-order valence-corrected chi connectivity index (χ2v) is 6.12. The lowest BCUT2D eigenvalue weighted by Crippen LogP contribution is -2.25. The number of ether oxygens (including phenoxy) is 1. The molecule has 2 rings (SSSR count). The third-order valence-corrected chi connectivity index (χ3v) is 4.77. The molecule has 0 radical (unpaired) electrons. The summed E-state index contributed by atoms with van der Waals surface area (Å²) in [6.45, 7) is 4.29. The van der Waals surface area contributed by atoms with Gasteiger partial charge in [0.05, 0.1) is 6.61 Å². The molecule has 0 aromatic carbocycles. The number of hydrogen-bond donors (Lipinski definition) is 1. The van der Waals surface area contributed by atoms with Crippen LogP contribution >= 0.6 is 11.8 Å². The summed E-state index contributed by atoms with van der Waals surface area (Å²) in [7, 11) is 0. The zero-order valence-corrected chi connectivity index (χ0v) is 10.4. The second-order valence-electron chi connectivity index (χ2n) is 4.71. The first-order valence-electron chi connectivity index (χ1n) is 6.35. The van der Waals surface area contributed by atoms with Crippen LogP contribution in [-0.2, 0) is 4.74 Å². The monoisotopic (exact) mass is 229 g/mol. The Labute approximate surface area is 97.5 Å². The Kier molecular flexibility index (Phi) is 5.30. The molecule has 1 aliphatic heterocycles. The van der Waals surface area contributed by atoms with Gasteiger partial charge in [0.15, 0.2) is 0 Å². The van der Waals surface area contributed by atoms with Crippen LogP contribution in [0.1, 0.15) is 32.1 Å². The van der Waals surface area contributed by atoms with Crippen molar-refractivity contribution in [1.82, 2.24) is 5.32 Å². The quantitative estimate of drug-likeness (QED) is 0.706. The highest BCUT2D eigenvalue weighted by atomic mass is 32.2. The molecule has 3 heteroatoms. The highest BCUT2D eigenvalue weighted by molar-refractivity contribution is 7.99. The van der Waals surface area contributed by atoms with Crippen LogP contribution in [0.5, 0.6) is 0 Å². The maximum Gasteiger partial charge on any atom is 0.0507 e. The van der Waals surface area contributed by atoms with Gasteiger partial charge < -0.3 is 10.1 Å². The van der Waals surface area contributed by atoms with E-state index in [1.54, 1.807) is 0 Å². The van der Waals surface area contributed by atoms with Gasteiger partial charge in [-0.3, -0.25) is 0 Å². The van der Waals surface area contributed by atoms with Crippen LogP contribution in [0.2, 0.25) is 0 Å². The van der Waals surface area contributed by atoms with Gasteiger partial charge >= 0.3 is 0 Å². The lowest BCUT2D eigenvalue weighted by molar-refractivity contribution is 0.185. The fourth-order valence-electron chi connectivity index (χ4n) is 2.40. The first kappa shape index (κ1) is 11.7. The van der Waals surface area contributed by atoms with Crippen LogP contribution in [-0.4, -0.2) is 37.3 Å². The normalized spacial score (nSPS) is 27.6. The highest BCUT2D eigenvalue weighted by Gasteiger charge is 2.16. The molecule has 1 aliphatic carbocycles. The Morgan fingerprint density at radius 2 is 2.07 bits per heavy atom. The van der Waals surface area contributed by atoms with E-state index in [1.807, 2.05) is 0 Å². The summed E-state index contributed by atoms with van der Waals surface area (Å²) in [5.41, 5.74) is 0. The van der Waals surface area contributed by atoms with Crippen LogP contribution in [0.3, 0.4) is 0 Å². The molecule has 2 fully saturated rings. The van der Waals surface area contributed by atoms with Gasteiger partial charge in [-0.15, -0.1) is 0 Å². The summed E-state index contributed by atoms with van der Waals surface area (Å²) in [5.74, 6) is 2.07. The number of nitrogens with one attached hydrogen (secondary N) is 1. The number of rotatable bonds is 6. The summed E-state index contributed by atoms with van der Waals surface area (Å²) in [4.78, 5) is 0. The van der Waals surface area contributed by atoms with E-state index < -0.39 is 0 Å². The lowest BCUT2D eigenvalue weighted by atomic mass is 10.1. The molecule has 88 valence electrons. The van der Waals surface area contributed by atoms with Gasteiger partial charge in [0.25, 0.3) is 0 Å². The van der Waals surface area contributed by atoms with Crippen molar-refractivity contribution < 1.29 is 4.74 Å². The molecule has 0 aromatic rings. The number of thioether (sulfide) groups is 1. The van der Waals surface area contributed by atoms with Gasteiger partial charge in [-0.05, 0) is 25.2 Å². The fourth-order valence-corrected chi connectivity index (χ4v) is 3.67. The van der Waals surface area contributed by atoms with E-state index in [2.05, 4.69) is 17.1 Å². The molecule has 0 amide bonds. The van der Waals surface area contributed by atoms with Crippen LogP contribution in [0.4, 0.5) is 0 Å². The minimum Gasteiger partial charge on any atom is -0.381 e. The number of hydrogen-bond acceptors (Lipinski definition) is 3. The summed E-state index contributed by atoms with van der Waals surface area (Å²) in [5, 5.41) is 4.52. The SMILES string of the molecule is C1CCC(SCCNCC2CCOC2)C1. The summed E-state index contributed by atoms with van der Waals surface area (Å²) >= 11 is 2.17. The Bertz CT molecular complexity index is 147. The minimum atomic E-state index is 0.779. The Morgan fingerprint density at radius 3 is 2.80 bits per heavy atom. The maximum absolute atomic E-state index is 5.35. The Hall–Kier alpha value is 0.270. The molecule has 1 unspecified atom stereocenters. The third-order valence-electron chi connectivity index (χ3n) is 3.39. The van der Waals surface area contributed by atoms with Crippen molar-refractivity contribution in [2.75, 3.05) is 32.1 Å². The zero-order chi connectivity index (χ0) is 10.3. The van der Waals surface area contributed by atoms with Crippen molar-refractivity contribution in [2.45, 2.75) is 37.4 Å². The molecule has 15 heavy (non-hydrogen) atoms. The smallest absolute Gasteiger partial charge is 0.0507 e. The fraction of sp³-hybridized carbons (Fsp3) is 1.00. The van der Waals surface area contributed by atoms with Gasteiger partial charge in [-0.2, -0.15) is 11.8 Å². The van der Waals surface area contributed by atoms with Gasteiger partial charge in [0.1, 0.15) is 0 Å². The molecule has 0 bridgehead atoms. The van der Waals surface area contributed by atoms with Gasteiger partial charge in [0, 0.05) is 30.7 Å². The van der Waals surface area contributed by atoms with E-state index >= 15 is 0 Å². The van der Waals surface area contributed by atoms with Crippen molar-refractivity contribution in [2.24, 2.45) is 5.92 Å². The van der Waals surface area contributed by atoms with Crippen molar-refractivity contribution in [1.29, 1.82) is 0 Å².